The Morgan fingerprint density at radius 1 is 1.32 bits per heavy atom. The number of methoxy groups -OCH3 is 1. The minimum Gasteiger partial charge on any atom is -0.494 e. The van der Waals surface area contributed by atoms with Crippen molar-refractivity contribution in [3.8, 4) is 5.75 Å². The van der Waals surface area contributed by atoms with Crippen LogP contribution in [0.2, 0.25) is 0 Å². The second-order valence-electron chi connectivity index (χ2n) is 5.55. The molecular weight excluding hydrogens is 343 g/mol. The maximum Gasteiger partial charge on any atom is 0.252 e. The third-order valence-electron chi connectivity index (χ3n) is 3.70. The lowest BCUT2D eigenvalue weighted by Crippen LogP contribution is -2.29. The topological polar surface area (TPSA) is 67.4 Å². The average Bonchev–Trinajstić information content (AvgIpc) is 3.13. The van der Waals surface area contributed by atoms with Crippen LogP contribution in [0.15, 0.2) is 35.0 Å². The molecule has 25 heavy (non-hydrogen) atoms. The van der Waals surface area contributed by atoms with E-state index in [9.17, 15) is 14.0 Å². The van der Waals surface area contributed by atoms with Crippen molar-refractivity contribution in [3.63, 3.8) is 0 Å². The summed E-state index contributed by atoms with van der Waals surface area (Å²) in [5, 5.41) is 9.20. The third kappa shape index (κ3) is 5.56. The molecule has 2 N–H and O–H groups in total. The van der Waals surface area contributed by atoms with Gasteiger partial charge in [-0.2, -0.15) is 11.3 Å². The number of hydrogen-bond acceptors (Lipinski definition) is 4. The summed E-state index contributed by atoms with van der Waals surface area (Å²) in [6, 6.07) is 6.04. The van der Waals surface area contributed by atoms with E-state index in [0.717, 1.165) is 0 Å². The number of hydrogen-bond donors (Lipinski definition) is 2. The highest BCUT2D eigenvalue weighted by Crippen LogP contribution is 2.21. The summed E-state index contributed by atoms with van der Waals surface area (Å²) >= 11 is 1.46. The summed E-state index contributed by atoms with van der Waals surface area (Å²) in [4.78, 5) is 23.7. The van der Waals surface area contributed by atoms with Crippen molar-refractivity contribution in [2.45, 2.75) is 25.8 Å². The van der Waals surface area contributed by atoms with Crippen molar-refractivity contribution in [3.05, 3.63) is 52.0 Å². The van der Waals surface area contributed by atoms with Gasteiger partial charge in [0.15, 0.2) is 11.6 Å². The van der Waals surface area contributed by atoms with Gasteiger partial charge in [-0.25, -0.2) is 4.39 Å². The van der Waals surface area contributed by atoms with Crippen LogP contribution in [-0.2, 0) is 4.79 Å². The molecule has 0 aliphatic heterocycles. The van der Waals surface area contributed by atoms with Crippen LogP contribution in [0, 0.1) is 5.82 Å². The third-order valence-corrected chi connectivity index (χ3v) is 4.39. The van der Waals surface area contributed by atoms with Crippen LogP contribution < -0.4 is 15.4 Å². The van der Waals surface area contributed by atoms with E-state index in [1.54, 1.807) is 24.4 Å². The molecule has 1 aromatic carbocycles. The first-order valence-electron chi connectivity index (χ1n) is 7.94. The lowest BCUT2D eigenvalue weighted by Gasteiger charge is -2.15. The molecule has 1 aromatic heterocycles. The maximum absolute atomic E-state index is 13.7. The zero-order valence-electron chi connectivity index (χ0n) is 14.2. The van der Waals surface area contributed by atoms with Gasteiger partial charge in [0.05, 0.1) is 13.2 Å². The first-order chi connectivity index (χ1) is 12.0. The largest absolute Gasteiger partial charge is 0.494 e. The van der Waals surface area contributed by atoms with Gasteiger partial charge in [-0.1, -0.05) is 6.07 Å². The zero-order valence-corrected chi connectivity index (χ0v) is 15.0. The molecule has 1 unspecified atom stereocenters. The van der Waals surface area contributed by atoms with Crippen LogP contribution in [-0.4, -0.2) is 25.5 Å². The monoisotopic (exact) mass is 364 g/mol. The number of amides is 2. The molecule has 0 aliphatic rings. The van der Waals surface area contributed by atoms with E-state index in [0.29, 0.717) is 24.1 Å². The molecule has 2 amide bonds. The van der Waals surface area contributed by atoms with Gasteiger partial charge >= 0.3 is 0 Å². The van der Waals surface area contributed by atoms with Crippen LogP contribution in [0.3, 0.4) is 0 Å². The average molecular weight is 364 g/mol. The van der Waals surface area contributed by atoms with Crippen molar-refractivity contribution < 1.29 is 18.7 Å². The van der Waals surface area contributed by atoms with Crippen LogP contribution in [0.4, 0.5) is 4.39 Å². The maximum atomic E-state index is 13.7. The van der Waals surface area contributed by atoms with Gasteiger partial charge in [0.25, 0.3) is 5.91 Å². The SMILES string of the molecule is COc1ccc(C(C)NC(=O)CCCNC(=O)c2ccsc2)cc1F. The summed E-state index contributed by atoms with van der Waals surface area (Å²) in [5.41, 5.74) is 1.29. The predicted molar refractivity (Wildman–Crippen MR) is 95.4 cm³/mol. The molecule has 134 valence electrons. The molecule has 0 bridgehead atoms. The molecule has 1 atom stereocenters. The van der Waals surface area contributed by atoms with E-state index in [1.807, 2.05) is 5.38 Å². The first kappa shape index (κ1) is 18.9. The van der Waals surface area contributed by atoms with E-state index in [-0.39, 0.29) is 30.0 Å². The Labute approximate surface area is 150 Å². The van der Waals surface area contributed by atoms with Crippen LogP contribution in [0.5, 0.6) is 5.75 Å². The van der Waals surface area contributed by atoms with Crippen LogP contribution in [0.1, 0.15) is 41.7 Å². The molecule has 7 heteroatoms. The molecule has 0 spiro atoms. The van der Waals surface area contributed by atoms with Gasteiger partial charge in [0.2, 0.25) is 5.91 Å². The first-order valence-corrected chi connectivity index (χ1v) is 8.88. The molecule has 0 fully saturated rings. The molecular formula is C18H21FN2O3S. The van der Waals surface area contributed by atoms with Gasteiger partial charge in [-0.15, -0.1) is 0 Å². The standard InChI is InChI=1S/C18H21FN2O3S/c1-12(13-5-6-16(24-2)15(19)10-13)21-17(22)4-3-8-20-18(23)14-7-9-25-11-14/h5-7,9-12H,3-4,8H2,1-2H3,(H,20,23)(H,21,22). The molecule has 0 saturated carbocycles. The van der Waals surface area contributed by atoms with Gasteiger partial charge in [-0.05, 0) is 42.5 Å². The van der Waals surface area contributed by atoms with E-state index >= 15 is 0 Å². The Balaban J connectivity index is 1.72. The quantitative estimate of drug-likeness (QED) is 0.707. The van der Waals surface area contributed by atoms with Gasteiger partial charge in [0.1, 0.15) is 0 Å². The molecule has 5 nitrogen and oxygen atoms in total. The summed E-state index contributed by atoms with van der Waals surface area (Å²) in [7, 11) is 1.40. The zero-order chi connectivity index (χ0) is 18.2. The van der Waals surface area contributed by atoms with Crippen molar-refractivity contribution >= 4 is 23.2 Å². The highest BCUT2D eigenvalue weighted by molar-refractivity contribution is 7.08. The van der Waals surface area contributed by atoms with E-state index < -0.39 is 5.82 Å². The minimum atomic E-state index is -0.461. The number of nitrogens with one attached hydrogen (secondary N) is 2. The van der Waals surface area contributed by atoms with Crippen molar-refractivity contribution in [2.75, 3.05) is 13.7 Å². The normalized spacial score (nSPS) is 11.6. The Morgan fingerprint density at radius 3 is 2.76 bits per heavy atom. The number of ether oxygens (including phenoxy) is 1. The second-order valence-corrected chi connectivity index (χ2v) is 6.33. The predicted octanol–water partition coefficient (Wildman–Crippen LogP) is 3.28. The highest BCUT2D eigenvalue weighted by atomic mass is 32.1. The Bertz CT molecular complexity index is 719. The number of halogens is 1. The van der Waals surface area contributed by atoms with Crippen LogP contribution in [0.25, 0.3) is 0 Å². The number of benzene rings is 1. The number of rotatable bonds is 8. The summed E-state index contributed by atoms with van der Waals surface area (Å²) in [5.74, 6) is -0.571. The fourth-order valence-electron chi connectivity index (χ4n) is 2.30. The van der Waals surface area contributed by atoms with Crippen molar-refractivity contribution in [2.24, 2.45) is 0 Å². The molecule has 2 aromatic rings. The molecule has 2 rings (SSSR count). The molecule has 0 saturated heterocycles. The Hall–Kier alpha value is -2.41. The Kier molecular flexibility index (Phi) is 6.94. The lowest BCUT2D eigenvalue weighted by atomic mass is 10.1. The number of carbonyl (C=O) groups excluding carboxylic acids is 2. The summed E-state index contributed by atoms with van der Waals surface area (Å²) < 4.78 is 18.6. The minimum absolute atomic E-state index is 0.135. The van der Waals surface area contributed by atoms with Gasteiger partial charge in [0, 0.05) is 23.9 Å². The Morgan fingerprint density at radius 2 is 2.12 bits per heavy atom. The number of thiophene rings is 1. The fourth-order valence-corrected chi connectivity index (χ4v) is 2.93. The molecule has 0 radical (unpaired) electrons. The fraction of sp³-hybridized carbons (Fsp3) is 0.333. The van der Waals surface area contributed by atoms with Crippen molar-refractivity contribution in [1.82, 2.24) is 10.6 Å². The highest BCUT2D eigenvalue weighted by Gasteiger charge is 2.12. The molecule has 1 heterocycles. The molecule has 0 aliphatic carbocycles. The van der Waals surface area contributed by atoms with Gasteiger partial charge < -0.3 is 15.4 Å². The van der Waals surface area contributed by atoms with E-state index in [4.69, 9.17) is 4.74 Å². The van der Waals surface area contributed by atoms with E-state index in [1.165, 1.54) is 30.6 Å². The summed E-state index contributed by atoms with van der Waals surface area (Å²) in [6.07, 6.45) is 0.818. The van der Waals surface area contributed by atoms with Crippen molar-refractivity contribution in [1.29, 1.82) is 0 Å². The van der Waals surface area contributed by atoms with Crippen LogP contribution >= 0.6 is 11.3 Å². The smallest absolute Gasteiger partial charge is 0.252 e. The van der Waals surface area contributed by atoms with E-state index in [2.05, 4.69) is 10.6 Å². The lowest BCUT2D eigenvalue weighted by molar-refractivity contribution is -0.121. The second kappa shape index (κ2) is 9.17. The van der Waals surface area contributed by atoms with Gasteiger partial charge in [-0.3, -0.25) is 9.59 Å². The number of carbonyl (C=O) groups is 2. The summed E-state index contributed by atoms with van der Waals surface area (Å²) in [6.45, 7) is 2.21.